The molecule has 1 saturated carbocycles. The monoisotopic (exact) mass is 249 g/mol. The zero-order valence-electron chi connectivity index (χ0n) is 10.5. The maximum absolute atomic E-state index is 12.5. The molecule has 3 rings (SSSR count). The lowest BCUT2D eigenvalue weighted by atomic mass is 10.1. The Balaban J connectivity index is 1.64. The lowest BCUT2D eigenvalue weighted by Crippen LogP contribution is -2.52. The van der Waals surface area contributed by atoms with Crippen molar-refractivity contribution >= 4 is 5.91 Å². The molecule has 0 aromatic carbocycles. The number of likely N-dealkylation sites (tertiary alicyclic amines) is 1. The summed E-state index contributed by atoms with van der Waals surface area (Å²) in [5, 5.41) is 8.88. The van der Waals surface area contributed by atoms with E-state index in [1.54, 1.807) is 0 Å². The number of hydrogen-bond donors (Lipinski definition) is 0. The van der Waals surface area contributed by atoms with Crippen LogP contribution >= 0.6 is 0 Å². The number of hydrogen-bond acceptors (Lipinski definition) is 4. The van der Waals surface area contributed by atoms with Gasteiger partial charge in [-0.05, 0) is 32.2 Å². The molecule has 0 N–H and O–H groups in total. The molecule has 2 aliphatic heterocycles. The van der Waals surface area contributed by atoms with Crippen LogP contribution in [0.5, 0.6) is 0 Å². The summed E-state index contributed by atoms with van der Waals surface area (Å²) in [4.78, 5) is 16.7. The van der Waals surface area contributed by atoms with Crippen LogP contribution in [-0.4, -0.2) is 60.1 Å². The third kappa shape index (κ3) is 2.23. The van der Waals surface area contributed by atoms with Crippen molar-refractivity contribution in [1.82, 2.24) is 9.80 Å². The molecule has 1 amide bonds. The van der Waals surface area contributed by atoms with Crippen LogP contribution in [0.2, 0.25) is 0 Å². The Kier molecular flexibility index (Phi) is 3.23. The third-order valence-corrected chi connectivity index (χ3v) is 4.12. The number of rotatable bonds is 2. The van der Waals surface area contributed by atoms with Crippen molar-refractivity contribution < 1.29 is 9.53 Å². The van der Waals surface area contributed by atoms with Gasteiger partial charge in [-0.1, -0.05) is 0 Å². The Labute approximate surface area is 107 Å². The fourth-order valence-electron chi connectivity index (χ4n) is 3.04. The second-order valence-corrected chi connectivity index (χ2v) is 5.40. The molecule has 1 aliphatic carbocycles. The molecule has 5 nitrogen and oxygen atoms in total. The van der Waals surface area contributed by atoms with Gasteiger partial charge < -0.3 is 9.64 Å². The van der Waals surface area contributed by atoms with Crippen LogP contribution in [0, 0.1) is 11.3 Å². The summed E-state index contributed by atoms with van der Waals surface area (Å²) in [5.41, 5.74) is 0. The highest BCUT2D eigenvalue weighted by Crippen LogP contribution is 2.34. The molecule has 2 saturated heterocycles. The predicted octanol–water partition coefficient (Wildman–Crippen LogP) is 0.364. The normalized spacial score (nSPS) is 33.4. The maximum atomic E-state index is 12.5. The second kappa shape index (κ2) is 4.87. The predicted molar refractivity (Wildman–Crippen MR) is 64.7 cm³/mol. The topological polar surface area (TPSA) is 56.6 Å². The fourth-order valence-corrected chi connectivity index (χ4v) is 3.04. The highest BCUT2D eigenvalue weighted by molar-refractivity contribution is 5.82. The van der Waals surface area contributed by atoms with Crippen molar-refractivity contribution in [2.24, 2.45) is 0 Å². The number of carbonyl (C=O) groups excluding carboxylic acids is 1. The molecule has 0 aromatic rings. The van der Waals surface area contributed by atoms with Gasteiger partial charge in [0.1, 0.15) is 0 Å². The van der Waals surface area contributed by atoms with E-state index in [1.165, 1.54) is 12.8 Å². The number of ether oxygens (including phenoxy) is 1. The first-order chi connectivity index (χ1) is 8.79. The van der Waals surface area contributed by atoms with Crippen molar-refractivity contribution in [3.63, 3.8) is 0 Å². The first-order valence-corrected chi connectivity index (χ1v) is 6.85. The summed E-state index contributed by atoms with van der Waals surface area (Å²) in [5.74, 6) is 0.211. The minimum absolute atomic E-state index is 0.0648. The Hall–Kier alpha value is -1.12. The molecular formula is C13H19N3O2. The summed E-state index contributed by atoms with van der Waals surface area (Å²) in [7, 11) is 0. The molecule has 0 aromatic heterocycles. The zero-order chi connectivity index (χ0) is 12.5. The third-order valence-electron chi connectivity index (χ3n) is 4.12. The highest BCUT2D eigenvalue weighted by Gasteiger charge is 2.42. The van der Waals surface area contributed by atoms with Gasteiger partial charge in [0.2, 0.25) is 5.91 Å². The van der Waals surface area contributed by atoms with E-state index in [0.29, 0.717) is 25.7 Å². The molecule has 98 valence electrons. The van der Waals surface area contributed by atoms with E-state index < -0.39 is 6.10 Å². The van der Waals surface area contributed by atoms with E-state index >= 15 is 0 Å². The summed E-state index contributed by atoms with van der Waals surface area (Å²) in [6, 6.07) is 2.81. The second-order valence-electron chi connectivity index (χ2n) is 5.40. The van der Waals surface area contributed by atoms with Crippen molar-refractivity contribution in [1.29, 1.82) is 5.26 Å². The minimum atomic E-state index is -0.446. The molecule has 5 heteroatoms. The first kappa shape index (κ1) is 11.9. The van der Waals surface area contributed by atoms with Gasteiger partial charge in [0.15, 0.2) is 6.10 Å². The van der Waals surface area contributed by atoms with E-state index in [9.17, 15) is 4.79 Å². The van der Waals surface area contributed by atoms with E-state index in [-0.39, 0.29) is 11.9 Å². The molecule has 18 heavy (non-hydrogen) atoms. The molecule has 0 radical (unpaired) electrons. The molecule has 0 unspecified atom stereocenters. The number of carbonyl (C=O) groups is 1. The van der Waals surface area contributed by atoms with Gasteiger partial charge in [-0.3, -0.25) is 9.69 Å². The molecule has 0 spiro atoms. The van der Waals surface area contributed by atoms with Gasteiger partial charge in [-0.25, -0.2) is 0 Å². The summed E-state index contributed by atoms with van der Waals surface area (Å²) in [6.07, 6.45) is 4.14. The van der Waals surface area contributed by atoms with Crippen LogP contribution in [-0.2, 0) is 9.53 Å². The van der Waals surface area contributed by atoms with E-state index in [1.807, 2.05) is 4.90 Å². The number of morpholine rings is 1. The molecule has 0 bridgehead atoms. The van der Waals surface area contributed by atoms with Crippen LogP contribution in [0.3, 0.4) is 0 Å². The van der Waals surface area contributed by atoms with Crippen molar-refractivity contribution in [2.75, 3.05) is 26.2 Å². The largest absolute Gasteiger partial charge is 0.360 e. The van der Waals surface area contributed by atoms with E-state index in [0.717, 1.165) is 19.4 Å². The maximum Gasteiger partial charge on any atom is 0.240 e. The number of amides is 1. The highest BCUT2D eigenvalue weighted by atomic mass is 16.5. The number of nitrogens with zero attached hydrogens (tertiary/aromatic N) is 3. The van der Waals surface area contributed by atoms with E-state index in [2.05, 4.69) is 11.0 Å². The fraction of sp³-hybridized carbons (Fsp3) is 0.846. The van der Waals surface area contributed by atoms with Crippen LogP contribution in [0.25, 0.3) is 0 Å². The zero-order valence-corrected chi connectivity index (χ0v) is 10.5. The van der Waals surface area contributed by atoms with E-state index in [4.69, 9.17) is 10.00 Å². The van der Waals surface area contributed by atoms with Crippen LogP contribution in [0.15, 0.2) is 0 Å². The van der Waals surface area contributed by atoms with Gasteiger partial charge in [-0.2, -0.15) is 5.26 Å². The first-order valence-electron chi connectivity index (χ1n) is 6.85. The quantitative estimate of drug-likeness (QED) is 0.709. The SMILES string of the molecule is N#C[C@@H]1CN(C(=O)[C@@H]2CCCN2C2CC2)CCO1. The lowest BCUT2D eigenvalue weighted by molar-refractivity contribution is -0.142. The van der Waals surface area contributed by atoms with Crippen molar-refractivity contribution in [2.45, 2.75) is 43.9 Å². The Morgan fingerprint density at radius 2 is 2.11 bits per heavy atom. The molecule has 2 atom stereocenters. The van der Waals surface area contributed by atoms with Gasteiger partial charge >= 0.3 is 0 Å². The average Bonchev–Trinajstić information content (AvgIpc) is 3.15. The Bertz CT molecular complexity index is 375. The van der Waals surface area contributed by atoms with Gasteiger partial charge in [0, 0.05) is 12.6 Å². The van der Waals surface area contributed by atoms with Crippen LogP contribution in [0.4, 0.5) is 0 Å². The standard InChI is InChI=1S/C13H19N3O2/c14-8-11-9-15(6-7-18-11)13(17)12-2-1-5-16(12)10-3-4-10/h10-12H,1-7,9H2/t11-,12+/m1/s1. The lowest BCUT2D eigenvalue weighted by Gasteiger charge is -2.34. The molecular weight excluding hydrogens is 230 g/mol. The van der Waals surface area contributed by atoms with Gasteiger partial charge in [0.05, 0.1) is 25.3 Å². The van der Waals surface area contributed by atoms with Crippen LogP contribution < -0.4 is 0 Å². The van der Waals surface area contributed by atoms with Crippen LogP contribution in [0.1, 0.15) is 25.7 Å². The molecule has 3 aliphatic rings. The van der Waals surface area contributed by atoms with Crippen molar-refractivity contribution in [3.8, 4) is 6.07 Å². The smallest absolute Gasteiger partial charge is 0.240 e. The Morgan fingerprint density at radius 1 is 1.28 bits per heavy atom. The Morgan fingerprint density at radius 3 is 2.83 bits per heavy atom. The minimum Gasteiger partial charge on any atom is -0.360 e. The summed E-state index contributed by atoms with van der Waals surface area (Å²) >= 11 is 0. The van der Waals surface area contributed by atoms with Gasteiger partial charge in [0.25, 0.3) is 0 Å². The molecule has 2 heterocycles. The summed E-state index contributed by atoms with van der Waals surface area (Å²) in [6.45, 7) is 2.61. The van der Waals surface area contributed by atoms with Gasteiger partial charge in [-0.15, -0.1) is 0 Å². The number of nitriles is 1. The van der Waals surface area contributed by atoms with Crippen molar-refractivity contribution in [3.05, 3.63) is 0 Å². The molecule has 3 fully saturated rings. The average molecular weight is 249 g/mol. The summed E-state index contributed by atoms with van der Waals surface area (Å²) < 4.78 is 5.29.